The lowest BCUT2D eigenvalue weighted by Crippen LogP contribution is -3.02. The average Bonchev–Trinajstić information content (AvgIpc) is 1.88. The number of hydrogen-bond acceptors (Lipinski definition) is 2. The third kappa shape index (κ3) is 1.37. The third-order valence-electron chi connectivity index (χ3n) is 1.47. The summed E-state index contributed by atoms with van der Waals surface area (Å²) in [5.41, 5.74) is 0.916. The van der Waals surface area contributed by atoms with Crippen LogP contribution in [-0.2, 0) is 4.74 Å². The zero-order chi connectivity index (χ0) is 7.56. The highest BCUT2D eigenvalue weighted by Crippen LogP contribution is 2.08. The predicted octanol–water partition coefficient (Wildman–Crippen LogP) is -0.183. The van der Waals surface area contributed by atoms with Crippen molar-refractivity contribution in [2.75, 3.05) is 13.7 Å². The Morgan fingerprint density at radius 2 is 2.40 bits per heavy atom. The predicted molar refractivity (Wildman–Crippen MR) is 38.0 cm³/mol. The van der Waals surface area contributed by atoms with E-state index in [1.54, 1.807) is 19.4 Å². The Kier molecular flexibility index (Phi) is 2.09. The normalized spacial score (nSPS) is 25.3. The van der Waals surface area contributed by atoms with E-state index in [-0.39, 0.29) is 5.06 Å². The molecular formula is C7H11NO2. The molecular weight excluding hydrogens is 130 g/mol. The highest BCUT2D eigenvalue weighted by Gasteiger charge is 2.07. The van der Waals surface area contributed by atoms with Crippen molar-refractivity contribution in [2.45, 2.75) is 6.92 Å². The molecule has 1 unspecified atom stereocenters. The molecule has 10 heavy (non-hydrogen) atoms. The number of allylic oxidation sites excluding steroid dienone is 1. The van der Waals surface area contributed by atoms with Gasteiger partial charge in [-0.1, -0.05) is 0 Å². The molecule has 0 aromatic heterocycles. The molecule has 0 radical (unpaired) electrons. The van der Waals surface area contributed by atoms with E-state index in [0.717, 1.165) is 11.3 Å². The Morgan fingerprint density at radius 1 is 1.70 bits per heavy atom. The maximum Gasteiger partial charge on any atom is 0.128 e. The quantitative estimate of drug-likeness (QED) is 0.514. The molecule has 0 saturated carbocycles. The van der Waals surface area contributed by atoms with Crippen molar-refractivity contribution in [3.05, 3.63) is 28.8 Å². The van der Waals surface area contributed by atoms with Crippen molar-refractivity contribution in [3.8, 4) is 0 Å². The van der Waals surface area contributed by atoms with Crippen LogP contribution in [0.2, 0.25) is 0 Å². The van der Waals surface area contributed by atoms with Crippen molar-refractivity contribution in [1.29, 1.82) is 0 Å². The number of hydrogen-bond donors (Lipinski definition) is 1. The molecule has 0 bridgehead atoms. The zero-order valence-electron chi connectivity index (χ0n) is 6.18. The van der Waals surface area contributed by atoms with Crippen LogP contribution in [0.25, 0.3) is 0 Å². The van der Waals surface area contributed by atoms with E-state index in [2.05, 4.69) is 0 Å². The minimum absolute atomic E-state index is 0.151. The van der Waals surface area contributed by atoms with Gasteiger partial charge in [-0.25, -0.2) is 0 Å². The van der Waals surface area contributed by atoms with Crippen LogP contribution in [0.15, 0.2) is 23.6 Å². The van der Waals surface area contributed by atoms with Crippen molar-refractivity contribution in [3.63, 3.8) is 0 Å². The SMILES string of the molecule is COC1=CC[NH+]([O-])C=C1C. The maximum absolute atomic E-state index is 10.8. The van der Waals surface area contributed by atoms with Gasteiger partial charge in [0, 0.05) is 11.6 Å². The van der Waals surface area contributed by atoms with E-state index in [4.69, 9.17) is 4.74 Å². The van der Waals surface area contributed by atoms with Gasteiger partial charge in [0.05, 0.1) is 7.11 Å². The van der Waals surface area contributed by atoms with Gasteiger partial charge in [0.25, 0.3) is 0 Å². The molecule has 1 N–H and O–H groups in total. The number of rotatable bonds is 1. The van der Waals surface area contributed by atoms with Crippen LogP contribution in [0.1, 0.15) is 6.92 Å². The van der Waals surface area contributed by atoms with E-state index in [9.17, 15) is 5.21 Å². The van der Waals surface area contributed by atoms with Crippen LogP contribution in [0.3, 0.4) is 0 Å². The number of hydroxylamine groups is 2. The van der Waals surface area contributed by atoms with E-state index in [1.807, 2.05) is 6.92 Å². The number of quaternary nitrogens is 1. The molecule has 0 amide bonds. The highest BCUT2D eigenvalue weighted by atomic mass is 16.5. The van der Waals surface area contributed by atoms with Crippen molar-refractivity contribution in [1.82, 2.24) is 0 Å². The van der Waals surface area contributed by atoms with Crippen LogP contribution in [0, 0.1) is 5.21 Å². The summed E-state index contributed by atoms with van der Waals surface area (Å²) in [6.07, 6.45) is 3.41. The molecule has 1 aliphatic heterocycles. The van der Waals surface area contributed by atoms with Gasteiger partial charge in [0.2, 0.25) is 0 Å². The molecule has 0 aliphatic carbocycles. The summed E-state index contributed by atoms with van der Waals surface area (Å²) in [6, 6.07) is 0. The van der Waals surface area contributed by atoms with Crippen LogP contribution in [0.4, 0.5) is 0 Å². The highest BCUT2D eigenvalue weighted by molar-refractivity contribution is 5.23. The molecule has 0 saturated heterocycles. The summed E-state index contributed by atoms with van der Waals surface area (Å²) in [4.78, 5) is 0. The molecule has 0 aromatic rings. The van der Waals surface area contributed by atoms with Gasteiger partial charge in [0.15, 0.2) is 0 Å². The van der Waals surface area contributed by atoms with Gasteiger partial charge < -0.3 is 15.0 Å². The lowest BCUT2D eigenvalue weighted by molar-refractivity contribution is -0.785. The zero-order valence-corrected chi connectivity index (χ0v) is 6.18. The summed E-state index contributed by atoms with van der Waals surface area (Å²) < 4.78 is 4.99. The Morgan fingerprint density at radius 3 is 2.90 bits per heavy atom. The molecule has 56 valence electrons. The van der Waals surface area contributed by atoms with E-state index in [1.165, 1.54) is 0 Å². The number of methoxy groups -OCH3 is 1. The molecule has 1 atom stereocenters. The minimum atomic E-state index is 0.151. The molecule has 1 rings (SSSR count). The first-order valence-corrected chi connectivity index (χ1v) is 3.19. The molecule has 0 aromatic carbocycles. The maximum atomic E-state index is 10.8. The second-order valence-electron chi connectivity index (χ2n) is 2.27. The van der Waals surface area contributed by atoms with E-state index in [0.29, 0.717) is 6.54 Å². The number of ether oxygens (including phenoxy) is 1. The fourth-order valence-electron chi connectivity index (χ4n) is 0.970. The minimum Gasteiger partial charge on any atom is -0.629 e. The fourth-order valence-corrected chi connectivity index (χ4v) is 0.970. The number of nitrogens with one attached hydrogen (secondary N) is 1. The Hall–Kier alpha value is -0.800. The topological polar surface area (TPSA) is 36.7 Å². The first-order chi connectivity index (χ1) is 4.74. The second kappa shape index (κ2) is 2.86. The second-order valence-corrected chi connectivity index (χ2v) is 2.27. The Bertz CT molecular complexity index is 184. The molecule has 0 fully saturated rings. The summed E-state index contributed by atoms with van der Waals surface area (Å²) in [5.74, 6) is 0.819. The summed E-state index contributed by atoms with van der Waals surface area (Å²) in [7, 11) is 1.61. The van der Waals surface area contributed by atoms with Gasteiger partial charge in [-0.05, 0) is 6.92 Å². The van der Waals surface area contributed by atoms with Crippen LogP contribution >= 0.6 is 0 Å². The first-order valence-electron chi connectivity index (χ1n) is 3.19. The fraction of sp³-hybridized carbons (Fsp3) is 0.429. The summed E-state index contributed by atoms with van der Waals surface area (Å²) in [5, 5.41) is 10.9. The lowest BCUT2D eigenvalue weighted by Gasteiger charge is -2.21. The first kappa shape index (κ1) is 7.31. The standard InChI is InChI=1S/C7H11NO2/c1-6-5-8(9)4-3-7(6)10-2/h3,5,8H,4H2,1-2H3. The Balaban J connectivity index is 2.71. The van der Waals surface area contributed by atoms with Gasteiger partial charge in [-0.3, -0.25) is 0 Å². The Labute approximate surface area is 60.2 Å². The van der Waals surface area contributed by atoms with Crippen molar-refractivity contribution < 1.29 is 9.80 Å². The van der Waals surface area contributed by atoms with Gasteiger partial charge in [-0.2, -0.15) is 0 Å². The van der Waals surface area contributed by atoms with Gasteiger partial charge >= 0.3 is 0 Å². The van der Waals surface area contributed by atoms with Crippen LogP contribution in [0.5, 0.6) is 0 Å². The van der Waals surface area contributed by atoms with Crippen molar-refractivity contribution >= 4 is 0 Å². The molecule has 3 heteroatoms. The average molecular weight is 141 g/mol. The van der Waals surface area contributed by atoms with Crippen LogP contribution < -0.4 is 5.06 Å². The van der Waals surface area contributed by atoms with E-state index >= 15 is 0 Å². The third-order valence-corrected chi connectivity index (χ3v) is 1.47. The molecule has 1 heterocycles. The smallest absolute Gasteiger partial charge is 0.128 e. The monoisotopic (exact) mass is 141 g/mol. The molecule has 1 aliphatic rings. The van der Waals surface area contributed by atoms with Gasteiger partial charge in [0.1, 0.15) is 18.5 Å². The van der Waals surface area contributed by atoms with Crippen molar-refractivity contribution in [2.24, 2.45) is 0 Å². The van der Waals surface area contributed by atoms with E-state index < -0.39 is 0 Å². The lowest BCUT2D eigenvalue weighted by atomic mass is 10.2. The summed E-state index contributed by atoms with van der Waals surface area (Å²) in [6.45, 7) is 2.34. The summed E-state index contributed by atoms with van der Waals surface area (Å²) >= 11 is 0. The molecule has 3 nitrogen and oxygen atoms in total. The van der Waals surface area contributed by atoms with Crippen LogP contribution in [-0.4, -0.2) is 13.7 Å². The van der Waals surface area contributed by atoms with Gasteiger partial charge in [-0.15, -0.1) is 0 Å². The molecule has 0 spiro atoms. The largest absolute Gasteiger partial charge is 0.629 e.